The highest BCUT2D eigenvalue weighted by atomic mass is 16.5. The van der Waals surface area contributed by atoms with Gasteiger partial charge in [-0.1, -0.05) is 65.8 Å². The molecule has 0 saturated heterocycles. The number of hydrogen-bond acceptors (Lipinski definition) is 5. The number of aromatic nitrogens is 4. The molecule has 0 aliphatic heterocycles. The van der Waals surface area contributed by atoms with Crippen molar-refractivity contribution in [2.75, 3.05) is 6.54 Å². The van der Waals surface area contributed by atoms with Crippen LogP contribution >= 0.6 is 0 Å². The van der Waals surface area contributed by atoms with E-state index < -0.39 is 0 Å². The van der Waals surface area contributed by atoms with Crippen molar-refractivity contribution in [2.45, 2.75) is 12.8 Å². The Kier molecular flexibility index (Phi) is 5.47. The lowest BCUT2D eigenvalue weighted by Crippen LogP contribution is -2.27. The number of amides is 1. The molecule has 2 aromatic carbocycles. The molecule has 2 heterocycles. The molecule has 29 heavy (non-hydrogen) atoms. The zero-order valence-corrected chi connectivity index (χ0v) is 16.1. The summed E-state index contributed by atoms with van der Waals surface area (Å²) < 4.78 is 7.07. The fourth-order valence-corrected chi connectivity index (χ4v) is 3.09. The SMILES string of the molecule is Cn1c(C(=O)NCCc2nc(Cc3ccccc3)no2)cnc1-c1ccccc1. The number of hydrogen-bond donors (Lipinski definition) is 1. The molecule has 0 spiro atoms. The van der Waals surface area contributed by atoms with Gasteiger partial charge in [0.2, 0.25) is 5.89 Å². The van der Waals surface area contributed by atoms with Crippen LogP contribution in [0.3, 0.4) is 0 Å². The first-order chi connectivity index (χ1) is 14.2. The highest BCUT2D eigenvalue weighted by Gasteiger charge is 2.15. The van der Waals surface area contributed by atoms with Gasteiger partial charge in [-0.2, -0.15) is 4.98 Å². The molecule has 4 rings (SSSR count). The monoisotopic (exact) mass is 387 g/mol. The lowest BCUT2D eigenvalue weighted by Gasteiger charge is -2.06. The predicted molar refractivity (Wildman–Crippen MR) is 108 cm³/mol. The van der Waals surface area contributed by atoms with Crippen molar-refractivity contribution in [3.63, 3.8) is 0 Å². The molecule has 2 aromatic heterocycles. The van der Waals surface area contributed by atoms with Crippen LogP contribution in [0.1, 0.15) is 27.8 Å². The second-order valence-electron chi connectivity index (χ2n) is 6.66. The second kappa shape index (κ2) is 8.52. The normalized spacial score (nSPS) is 10.8. The number of carbonyl (C=O) groups is 1. The van der Waals surface area contributed by atoms with E-state index in [0.717, 1.165) is 17.0 Å². The summed E-state index contributed by atoms with van der Waals surface area (Å²) in [6, 6.07) is 19.7. The van der Waals surface area contributed by atoms with E-state index in [-0.39, 0.29) is 5.91 Å². The predicted octanol–water partition coefficient (Wildman–Crippen LogP) is 3.03. The maximum atomic E-state index is 12.5. The number of carbonyl (C=O) groups excluding carboxylic acids is 1. The lowest BCUT2D eigenvalue weighted by molar-refractivity contribution is 0.0945. The third-order valence-electron chi connectivity index (χ3n) is 4.59. The standard InChI is InChI=1S/C22H21N5O2/c1-27-18(15-24-21(27)17-10-6-3-7-11-17)22(28)23-13-12-20-25-19(26-29-20)14-16-8-4-2-5-9-16/h2-11,15H,12-14H2,1H3,(H,23,28). The molecule has 0 aliphatic rings. The molecule has 0 saturated carbocycles. The molecule has 0 radical (unpaired) electrons. The van der Waals surface area contributed by atoms with Crippen LogP contribution in [0, 0.1) is 0 Å². The minimum absolute atomic E-state index is 0.189. The topological polar surface area (TPSA) is 85.8 Å². The third kappa shape index (κ3) is 4.40. The Morgan fingerprint density at radius 2 is 1.79 bits per heavy atom. The van der Waals surface area contributed by atoms with Gasteiger partial charge in [-0.05, 0) is 5.56 Å². The van der Waals surface area contributed by atoms with Crippen molar-refractivity contribution in [2.24, 2.45) is 7.05 Å². The highest BCUT2D eigenvalue weighted by molar-refractivity contribution is 5.93. The number of imidazole rings is 1. The van der Waals surface area contributed by atoms with Crippen molar-refractivity contribution >= 4 is 5.91 Å². The van der Waals surface area contributed by atoms with Crippen LogP contribution in [-0.4, -0.2) is 32.1 Å². The van der Waals surface area contributed by atoms with Crippen molar-refractivity contribution in [1.82, 2.24) is 25.0 Å². The molecule has 1 N–H and O–H groups in total. The summed E-state index contributed by atoms with van der Waals surface area (Å²) in [7, 11) is 1.83. The van der Waals surface area contributed by atoms with Crippen molar-refractivity contribution < 1.29 is 9.32 Å². The summed E-state index contributed by atoms with van der Waals surface area (Å²) in [4.78, 5) is 21.3. The van der Waals surface area contributed by atoms with Gasteiger partial charge in [0.15, 0.2) is 5.82 Å². The third-order valence-corrected chi connectivity index (χ3v) is 4.59. The summed E-state index contributed by atoms with van der Waals surface area (Å²) in [6.07, 6.45) is 2.67. The summed E-state index contributed by atoms with van der Waals surface area (Å²) in [5.74, 6) is 1.70. The molecule has 4 aromatic rings. The van der Waals surface area contributed by atoms with Crippen LogP contribution in [0.25, 0.3) is 11.4 Å². The Bertz CT molecular complexity index is 1090. The van der Waals surface area contributed by atoms with Gasteiger partial charge in [0, 0.05) is 32.0 Å². The van der Waals surface area contributed by atoms with Crippen LogP contribution in [0.5, 0.6) is 0 Å². The minimum Gasteiger partial charge on any atom is -0.350 e. The summed E-state index contributed by atoms with van der Waals surface area (Å²) in [5.41, 5.74) is 2.59. The smallest absolute Gasteiger partial charge is 0.269 e. The molecular formula is C22H21N5O2. The molecule has 1 amide bonds. The van der Waals surface area contributed by atoms with E-state index in [1.165, 1.54) is 0 Å². The van der Waals surface area contributed by atoms with Gasteiger partial charge in [0.05, 0.1) is 6.20 Å². The van der Waals surface area contributed by atoms with E-state index in [2.05, 4.69) is 20.4 Å². The van der Waals surface area contributed by atoms with Crippen LogP contribution in [-0.2, 0) is 19.9 Å². The van der Waals surface area contributed by atoms with Gasteiger partial charge in [0.1, 0.15) is 11.5 Å². The largest absolute Gasteiger partial charge is 0.350 e. The van der Waals surface area contributed by atoms with Gasteiger partial charge in [-0.3, -0.25) is 4.79 Å². The number of nitrogens with one attached hydrogen (secondary N) is 1. The molecule has 0 unspecified atom stereocenters. The minimum atomic E-state index is -0.189. The van der Waals surface area contributed by atoms with Crippen LogP contribution in [0.15, 0.2) is 71.4 Å². The molecule has 0 bridgehead atoms. The first-order valence-corrected chi connectivity index (χ1v) is 9.41. The van der Waals surface area contributed by atoms with Crippen LogP contribution in [0.2, 0.25) is 0 Å². The Balaban J connectivity index is 1.32. The molecule has 7 nitrogen and oxygen atoms in total. The number of nitrogens with zero attached hydrogens (tertiary/aromatic N) is 4. The number of rotatable bonds is 7. The van der Waals surface area contributed by atoms with Gasteiger partial charge in [-0.15, -0.1) is 0 Å². The van der Waals surface area contributed by atoms with E-state index >= 15 is 0 Å². The van der Waals surface area contributed by atoms with E-state index in [1.807, 2.05) is 67.7 Å². The molecule has 0 atom stereocenters. The van der Waals surface area contributed by atoms with Crippen LogP contribution < -0.4 is 5.32 Å². The van der Waals surface area contributed by atoms with Crippen molar-refractivity contribution in [3.8, 4) is 11.4 Å². The second-order valence-corrected chi connectivity index (χ2v) is 6.66. The molecule has 0 fully saturated rings. The average Bonchev–Trinajstić information content (AvgIpc) is 3.35. The summed E-state index contributed by atoms with van der Waals surface area (Å²) in [6.45, 7) is 0.400. The van der Waals surface area contributed by atoms with Gasteiger partial charge in [0.25, 0.3) is 5.91 Å². The molecule has 146 valence electrons. The summed E-state index contributed by atoms with van der Waals surface area (Å²) in [5, 5.41) is 6.89. The maximum Gasteiger partial charge on any atom is 0.269 e. The Morgan fingerprint density at radius 1 is 1.07 bits per heavy atom. The maximum absolute atomic E-state index is 12.5. The Morgan fingerprint density at radius 3 is 2.55 bits per heavy atom. The van der Waals surface area contributed by atoms with E-state index in [1.54, 1.807) is 10.8 Å². The van der Waals surface area contributed by atoms with Gasteiger partial charge in [-0.25, -0.2) is 4.98 Å². The van der Waals surface area contributed by atoms with Crippen molar-refractivity contribution in [3.05, 3.63) is 89.8 Å². The highest BCUT2D eigenvalue weighted by Crippen LogP contribution is 2.18. The average molecular weight is 387 g/mol. The molecule has 0 aliphatic carbocycles. The first-order valence-electron chi connectivity index (χ1n) is 9.41. The first kappa shape index (κ1) is 18.6. The Hall–Kier alpha value is -3.74. The molecular weight excluding hydrogens is 366 g/mol. The van der Waals surface area contributed by atoms with E-state index in [0.29, 0.717) is 36.8 Å². The lowest BCUT2D eigenvalue weighted by atomic mass is 10.1. The van der Waals surface area contributed by atoms with Crippen LogP contribution in [0.4, 0.5) is 0 Å². The van der Waals surface area contributed by atoms with Crippen molar-refractivity contribution in [1.29, 1.82) is 0 Å². The summed E-state index contributed by atoms with van der Waals surface area (Å²) >= 11 is 0. The quantitative estimate of drug-likeness (QED) is 0.527. The van der Waals surface area contributed by atoms with E-state index in [4.69, 9.17) is 4.52 Å². The number of benzene rings is 2. The fourth-order valence-electron chi connectivity index (χ4n) is 3.09. The van der Waals surface area contributed by atoms with Gasteiger partial charge >= 0.3 is 0 Å². The zero-order chi connectivity index (χ0) is 20.1. The zero-order valence-electron chi connectivity index (χ0n) is 16.1. The fraction of sp³-hybridized carbons (Fsp3) is 0.182. The van der Waals surface area contributed by atoms with Gasteiger partial charge < -0.3 is 14.4 Å². The Labute approximate surface area is 168 Å². The van der Waals surface area contributed by atoms with E-state index in [9.17, 15) is 4.79 Å². The molecule has 7 heteroatoms.